The number of rotatable bonds is 6. The first-order valence-electron chi connectivity index (χ1n) is 6.20. The summed E-state index contributed by atoms with van der Waals surface area (Å²) >= 11 is 0. The van der Waals surface area contributed by atoms with Gasteiger partial charge in [0.15, 0.2) is 0 Å². The van der Waals surface area contributed by atoms with Gasteiger partial charge in [0.2, 0.25) is 10.0 Å². The summed E-state index contributed by atoms with van der Waals surface area (Å²) in [5, 5.41) is 9.21. The highest BCUT2D eigenvalue weighted by Gasteiger charge is 2.50. The van der Waals surface area contributed by atoms with Gasteiger partial charge in [-0.15, -0.1) is 0 Å². The fourth-order valence-electron chi connectivity index (χ4n) is 2.35. The van der Waals surface area contributed by atoms with Gasteiger partial charge in [-0.25, -0.2) is 8.42 Å². The maximum absolute atomic E-state index is 12.0. The summed E-state index contributed by atoms with van der Waals surface area (Å²) in [4.78, 5) is 11.3. The highest BCUT2D eigenvalue weighted by Crippen LogP contribution is 2.40. The molecule has 1 saturated carbocycles. The zero-order valence-corrected chi connectivity index (χ0v) is 11.2. The Morgan fingerprint density at radius 1 is 1.44 bits per heavy atom. The molecule has 18 heavy (non-hydrogen) atoms. The maximum atomic E-state index is 12.0. The summed E-state index contributed by atoms with van der Waals surface area (Å²) in [6, 6.07) is 0. The molecule has 6 nitrogen and oxygen atoms in total. The van der Waals surface area contributed by atoms with Gasteiger partial charge in [0.05, 0.1) is 11.9 Å². The lowest BCUT2D eigenvalue weighted by atomic mass is 9.98. The van der Waals surface area contributed by atoms with Crippen molar-refractivity contribution in [3.8, 4) is 0 Å². The van der Waals surface area contributed by atoms with E-state index in [9.17, 15) is 18.3 Å². The average Bonchev–Trinajstić information content (AvgIpc) is 2.99. The monoisotopic (exact) mass is 277 g/mol. The molecule has 2 rings (SSSR count). The third-order valence-corrected chi connectivity index (χ3v) is 5.18. The predicted octanol–water partition coefficient (Wildman–Crippen LogP) is 0.338. The van der Waals surface area contributed by atoms with Crippen LogP contribution in [-0.2, 0) is 19.6 Å². The van der Waals surface area contributed by atoms with Gasteiger partial charge in [-0.05, 0) is 38.5 Å². The number of aliphatic carboxylic acids is 1. The van der Waals surface area contributed by atoms with Crippen molar-refractivity contribution in [3.05, 3.63) is 0 Å². The molecule has 2 atom stereocenters. The zero-order chi connectivity index (χ0) is 13.4. The molecule has 0 aromatic rings. The topological polar surface area (TPSA) is 92.7 Å². The second-order valence-electron chi connectivity index (χ2n) is 5.30. The summed E-state index contributed by atoms with van der Waals surface area (Å²) in [5.41, 5.74) is -1.38. The maximum Gasteiger partial charge on any atom is 0.324 e. The average molecular weight is 277 g/mol. The van der Waals surface area contributed by atoms with E-state index >= 15 is 0 Å². The molecule has 2 N–H and O–H groups in total. The number of carbonyl (C=O) groups is 1. The molecule has 0 aromatic heterocycles. The third-order valence-electron chi connectivity index (χ3n) is 3.63. The van der Waals surface area contributed by atoms with E-state index in [4.69, 9.17) is 4.74 Å². The van der Waals surface area contributed by atoms with E-state index in [0.29, 0.717) is 13.0 Å². The Morgan fingerprint density at radius 3 is 2.56 bits per heavy atom. The van der Waals surface area contributed by atoms with Crippen molar-refractivity contribution >= 4 is 16.0 Å². The standard InChI is InChI=1S/C11H19NO5S/c1-11(10(13)14,8-4-5-8)12-18(15,16)7-9-3-2-6-17-9/h8-9,12H,2-7H2,1H3,(H,13,14). The molecule has 2 aliphatic rings. The van der Waals surface area contributed by atoms with Gasteiger partial charge in [0, 0.05) is 6.61 Å². The SMILES string of the molecule is CC(NS(=O)(=O)CC1CCCO1)(C(=O)O)C1CC1. The van der Waals surface area contributed by atoms with Crippen molar-refractivity contribution < 1.29 is 23.1 Å². The minimum atomic E-state index is -3.63. The zero-order valence-electron chi connectivity index (χ0n) is 10.4. The summed E-state index contributed by atoms with van der Waals surface area (Å²) < 4.78 is 31.6. The summed E-state index contributed by atoms with van der Waals surface area (Å²) in [7, 11) is -3.63. The predicted molar refractivity (Wildman–Crippen MR) is 64.7 cm³/mol. The van der Waals surface area contributed by atoms with Gasteiger partial charge in [0.1, 0.15) is 5.54 Å². The molecule has 0 bridgehead atoms. The number of carboxylic acids is 1. The van der Waals surface area contributed by atoms with Crippen LogP contribution in [0, 0.1) is 5.92 Å². The minimum Gasteiger partial charge on any atom is -0.480 e. The Hall–Kier alpha value is -0.660. The molecule has 0 aromatic carbocycles. The van der Waals surface area contributed by atoms with Crippen LogP contribution in [0.15, 0.2) is 0 Å². The summed E-state index contributed by atoms with van der Waals surface area (Å²) in [6.45, 7) is 2.03. The van der Waals surface area contributed by atoms with Crippen molar-refractivity contribution in [2.45, 2.75) is 44.2 Å². The number of carboxylic acid groups (broad SMARTS) is 1. The van der Waals surface area contributed by atoms with Crippen LogP contribution in [0.1, 0.15) is 32.6 Å². The molecule has 1 aliphatic heterocycles. The summed E-state index contributed by atoms with van der Waals surface area (Å²) in [6.07, 6.45) is 2.78. The Kier molecular flexibility index (Phi) is 3.66. The second kappa shape index (κ2) is 4.79. The first kappa shape index (κ1) is 13.8. The van der Waals surface area contributed by atoms with Crippen LogP contribution < -0.4 is 4.72 Å². The second-order valence-corrected chi connectivity index (χ2v) is 7.07. The highest BCUT2D eigenvalue weighted by molar-refractivity contribution is 7.89. The minimum absolute atomic E-state index is 0.103. The smallest absolute Gasteiger partial charge is 0.324 e. The quantitative estimate of drug-likeness (QED) is 0.730. The number of hydrogen-bond acceptors (Lipinski definition) is 4. The van der Waals surface area contributed by atoms with Crippen LogP contribution in [0.3, 0.4) is 0 Å². The number of nitrogens with one attached hydrogen (secondary N) is 1. The molecule has 1 heterocycles. The number of ether oxygens (including phenoxy) is 1. The van der Waals surface area contributed by atoms with Gasteiger partial charge in [-0.1, -0.05) is 0 Å². The first-order valence-corrected chi connectivity index (χ1v) is 7.85. The van der Waals surface area contributed by atoms with Crippen molar-refractivity contribution in [3.63, 3.8) is 0 Å². The Bertz CT molecular complexity index is 425. The first-order chi connectivity index (χ1) is 8.33. The highest BCUT2D eigenvalue weighted by atomic mass is 32.2. The fourth-order valence-corrected chi connectivity index (χ4v) is 4.08. The normalized spacial score (nSPS) is 27.9. The molecular weight excluding hydrogens is 258 g/mol. The van der Waals surface area contributed by atoms with Crippen LogP contribution in [-0.4, -0.2) is 43.5 Å². The van der Waals surface area contributed by atoms with Gasteiger partial charge in [-0.3, -0.25) is 4.79 Å². The van der Waals surface area contributed by atoms with Crippen LogP contribution in [0.5, 0.6) is 0 Å². The lowest BCUT2D eigenvalue weighted by Gasteiger charge is -2.26. The molecule has 0 radical (unpaired) electrons. The molecule has 1 saturated heterocycles. The van der Waals surface area contributed by atoms with Gasteiger partial charge in [-0.2, -0.15) is 4.72 Å². The Balaban J connectivity index is 2.03. The van der Waals surface area contributed by atoms with E-state index in [-0.39, 0.29) is 17.8 Å². The van der Waals surface area contributed by atoms with Crippen LogP contribution >= 0.6 is 0 Å². The lowest BCUT2D eigenvalue weighted by molar-refractivity contribution is -0.144. The Labute approximate surface area is 107 Å². The van der Waals surface area contributed by atoms with E-state index < -0.39 is 21.5 Å². The van der Waals surface area contributed by atoms with Crippen LogP contribution in [0.2, 0.25) is 0 Å². The van der Waals surface area contributed by atoms with E-state index in [0.717, 1.165) is 19.3 Å². The Morgan fingerprint density at radius 2 is 2.11 bits per heavy atom. The molecule has 7 heteroatoms. The molecule has 104 valence electrons. The van der Waals surface area contributed by atoms with Crippen molar-refractivity contribution in [1.29, 1.82) is 0 Å². The van der Waals surface area contributed by atoms with E-state index in [1.807, 2.05) is 0 Å². The van der Waals surface area contributed by atoms with Crippen LogP contribution in [0.4, 0.5) is 0 Å². The van der Waals surface area contributed by atoms with Crippen molar-refractivity contribution in [1.82, 2.24) is 4.72 Å². The molecule has 0 amide bonds. The van der Waals surface area contributed by atoms with Gasteiger partial charge < -0.3 is 9.84 Å². The number of hydrogen-bond donors (Lipinski definition) is 2. The van der Waals surface area contributed by atoms with Crippen LogP contribution in [0.25, 0.3) is 0 Å². The van der Waals surface area contributed by atoms with Crippen molar-refractivity contribution in [2.24, 2.45) is 5.92 Å². The largest absolute Gasteiger partial charge is 0.480 e. The number of sulfonamides is 1. The van der Waals surface area contributed by atoms with E-state index in [2.05, 4.69) is 4.72 Å². The summed E-state index contributed by atoms with van der Waals surface area (Å²) in [5.74, 6) is -1.36. The van der Waals surface area contributed by atoms with Gasteiger partial charge >= 0.3 is 5.97 Å². The lowest BCUT2D eigenvalue weighted by Crippen LogP contribution is -2.55. The molecule has 1 aliphatic carbocycles. The molecular formula is C11H19NO5S. The van der Waals surface area contributed by atoms with Gasteiger partial charge in [0.25, 0.3) is 0 Å². The molecule has 0 spiro atoms. The third kappa shape index (κ3) is 3.02. The molecule has 2 fully saturated rings. The fraction of sp³-hybridized carbons (Fsp3) is 0.909. The van der Waals surface area contributed by atoms with E-state index in [1.54, 1.807) is 0 Å². The van der Waals surface area contributed by atoms with Crippen molar-refractivity contribution in [2.75, 3.05) is 12.4 Å². The molecule has 2 unspecified atom stereocenters. The van der Waals surface area contributed by atoms with E-state index in [1.165, 1.54) is 6.92 Å².